The van der Waals surface area contributed by atoms with Gasteiger partial charge in [0.15, 0.2) is 5.78 Å². The Morgan fingerprint density at radius 3 is 2.78 bits per heavy atom. The molecule has 4 rings (SSSR count). The first-order chi connectivity index (χ1) is 11.0. The van der Waals surface area contributed by atoms with Crippen LogP contribution in [0.2, 0.25) is 0 Å². The molecule has 4 aliphatic carbocycles. The van der Waals surface area contributed by atoms with Crippen molar-refractivity contribution in [1.82, 2.24) is 0 Å². The number of carbonyl (C=O) groups is 1. The maximum Gasteiger partial charge on any atom is 0.155 e. The zero-order chi connectivity index (χ0) is 16.2. The predicted molar refractivity (Wildman–Crippen MR) is 95.4 cm³/mol. The van der Waals surface area contributed by atoms with Crippen LogP contribution in [-0.4, -0.2) is 29.0 Å². The normalized spacial score (nSPS) is 49.2. The molecule has 0 aromatic heterocycles. The number of carbonyl (C=O) groups excluding carboxylic acids is 1. The third kappa shape index (κ3) is 2.22. The molecule has 0 spiro atoms. The molecule has 0 bridgehead atoms. The highest BCUT2D eigenvalue weighted by atomic mass is 32.2. The molecule has 3 fully saturated rings. The molecule has 0 radical (unpaired) electrons. The van der Waals surface area contributed by atoms with Gasteiger partial charge in [0.05, 0.1) is 6.10 Å². The number of aliphatic hydroxyl groups excluding tert-OH is 1. The number of ketones is 1. The van der Waals surface area contributed by atoms with Crippen molar-refractivity contribution in [3.8, 4) is 0 Å². The summed E-state index contributed by atoms with van der Waals surface area (Å²) in [6.07, 6.45) is 13.0. The number of hydrogen-bond acceptors (Lipinski definition) is 3. The van der Waals surface area contributed by atoms with E-state index in [2.05, 4.69) is 13.2 Å². The van der Waals surface area contributed by atoms with Crippen molar-refractivity contribution in [2.45, 2.75) is 64.4 Å². The summed E-state index contributed by atoms with van der Waals surface area (Å²) < 4.78 is 0. The second kappa shape index (κ2) is 5.62. The van der Waals surface area contributed by atoms with E-state index < -0.39 is 0 Å². The molecular weight excluding hydrogens is 304 g/mol. The zero-order valence-electron chi connectivity index (χ0n) is 14.5. The Hall–Kier alpha value is -0.280. The summed E-state index contributed by atoms with van der Waals surface area (Å²) in [5.74, 6) is 3.75. The van der Waals surface area contributed by atoms with Crippen molar-refractivity contribution >= 4 is 17.5 Å². The Morgan fingerprint density at radius 2 is 2.00 bits per heavy atom. The predicted octanol–water partition coefficient (Wildman–Crippen LogP) is 4.22. The van der Waals surface area contributed by atoms with Crippen LogP contribution in [0.1, 0.15) is 58.3 Å². The molecule has 3 saturated carbocycles. The van der Waals surface area contributed by atoms with Gasteiger partial charge in [-0.15, -0.1) is 0 Å². The molecule has 2 nitrogen and oxygen atoms in total. The Kier molecular flexibility index (Phi) is 3.96. The molecular formula is C20H30O2S. The Labute approximate surface area is 144 Å². The highest BCUT2D eigenvalue weighted by molar-refractivity contribution is 7.98. The van der Waals surface area contributed by atoms with Crippen molar-refractivity contribution in [2.24, 2.45) is 28.6 Å². The average molecular weight is 335 g/mol. The second-order valence-corrected chi connectivity index (χ2v) is 9.64. The van der Waals surface area contributed by atoms with E-state index in [-0.39, 0.29) is 16.9 Å². The van der Waals surface area contributed by atoms with Crippen LogP contribution in [0.4, 0.5) is 0 Å². The molecule has 1 unspecified atom stereocenters. The summed E-state index contributed by atoms with van der Waals surface area (Å²) in [6.45, 7) is 2.35. The summed E-state index contributed by atoms with van der Waals surface area (Å²) in [6, 6.07) is 0. The van der Waals surface area contributed by atoms with Crippen LogP contribution in [0.15, 0.2) is 11.6 Å². The second-order valence-electron chi connectivity index (χ2n) is 8.78. The van der Waals surface area contributed by atoms with Crippen LogP contribution in [0.25, 0.3) is 0 Å². The van der Waals surface area contributed by atoms with Gasteiger partial charge in [0.2, 0.25) is 0 Å². The molecule has 4 aliphatic rings. The first-order valence-corrected chi connectivity index (χ1v) is 10.8. The summed E-state index contributed by atoms with van der Waals surface area (Å²) in [5, 5.41) is 10.5. The lowest BCUT2D eigenvalue weighted by Crippen LogP contribution is -2.53. The van der Waals surface area contributed by atoms with Gasteiger partial charge < -0.3 is 5.11 Å². The van der Waals surface area contributed by atoms with Gasteiger partial charge >= 0.3 is 0 Å². The van der Waals surface area contributed by atoms with Crippen LogP contribution < -0.4 is 0 Å². The first kappa shape index (κ1) is 16.2. The first-order valence-electron chi connectivity index (χ1n) is 9.42. The van der Waals surface area contributed by atoms with Crippen molar-refractivity contribution in [3.05, 3.63) is 11.6 Å². The average Bonchev–Trinajstić information content (AvgIpc) is 2.84. The summed E-state index contributed by atoms with van der Waals surface area (Å²) >= 11 is 1.96. The topological polar surface area (TPSA) is 37.3 Å². The molecule has 128 valence electrons. The molecule has 3 heteroatoms. The number of aliphatic hydroxyl groups is 1. The maximum atomic E-state index is 12.0. The number of thioether (sulfide) groups is 1. The molecule has 0 amide bonds. The third-order valence-electron chi connectivity index (χ3n) is 8.04. The van der Waals surface area contributed by atoms with E-state index in [1.165, 1.54) is 37.0 Å². The van der Waals surface area contributed by atoms with E-state index >= 15 is 0 Å². The quantitative estimate of drug-likeness (QED) is 0.821. The van der Waals surface area contributed by atoms with E-state index in [9.17, 15) is 9.90 Å². The van der Waals surface area contributed by atoms with Gasteiger partial charge in [0, 0.05) is 17.6 Å². The number of fused-ring (bicyclic) bond motifs is 5. The fourth-order valence-electron chi connectivity index (χ4n) is 6.86. The number of hydrogen-bond donors (Lipinski definition) is 1. The molecule has 0 aliphatic heterocycles. The van der Waals surface area contributed by atoms with Crippen molar-refractivity contribution in [3.63, 3.8) is 0 Å². The van der Waals surface area contributed by atoms with Gasteiger partial charge in [-0.1, -0.05) is 12.5 Å². The van der Waals surface area contributed by atoms with E-state index in [1.807, 2.05) is 17.8 Å². The molecule has 6 atom stereocenters. The van der Waals surface area contributed by atoms with Crippen LogP contribution >= 0.6 is 11.8 Å². The van der Waals surface area contributed by atoms with Gasteiger partial charge in [0.25, 0.3) is 0 Å². The van der Waals surface area contributed by atoms with Gasteiger partial charge in [-0.3, -0.25) is 4.79 Å². The molecule has 23 heavy (non-hydrogen) atoms. The highest BCUT2D eigenvalue weighted by Crippen LogP contribution is 2.65. The summed E-state index contributed by atoms with van der Waals surface area (Å²) in [4.78, 5) is 12.0. The van der Waals surface area contributed by atoms with Crippen molar-refractivity contribution < 1.29 is 9.90 Å². The lowest BCUT2D eigenvalue weighted by molar-refractivity contribution is -0.117. The van der Waals surface area contributed by atoms with Gasteiger partial charge in [0.1, 0.15) is 0 Å². The Bertz CT molecular complexity index is 542. The SMILES string of the molecule is CSC[C@]12CCC(=O)C=C1CC[C@@H]1[C@H]2CC[C@]2(C)C(O)CC[C@@H]12. The minimum Gasteiger partial charge on any atom is -0.393 e. The molecule has 1 N–H and O–H groups in total. The largest absolute Gasteiger partial charge is 0.393 e. The summed E-state index contributed by atoms with van der Waals surface area (Å²) in [7, 11) is 0. The number of rotatable bonds is 2. The van der Waals surface area contributed by atoms with Crippen LogP contribution in [0, 0.1) is 28.6 Å². The fourth-order valence-corrected chi connectivity index (χ4v) is 7.92. The van der Waals surface area contributed by atoms with Crippen molar-refractivity contribution in [2.75, 3.05) is 12.0 Å². The Balaban J connectivity index is 1.71. The molecule has 0 saturated heterocycles. The fraction of sp³-hybridized carbons (Fsp3) is 0.850. The maximum absolute atomic E-state index is 12.0. The van der Waals surface area contributed by atoms with Gasteiger partial charge in [-0.05, 0) is 80.4 Å². The van der Waals surface area contributed by atoms with E-state index in [0.717, 1.165) is 37.5 Å². The van der Waals surface area contributed by atoms with Crippen LogP contribution in [0.5, 0.6) is 0 Å². The van der Waals surface area contributed by atoms with Gasteiger partial charge in [-0.25, -0.2) is 0 Å². The lowest BCUT2D eigenvalue weighted by atomic mass is 9.47. The Morgan fingerprint density at radius 1 is 1.17 bits per heavy atom. The van der Waals surface area contributed by atoms with Crippen LogP contribution in [-0.2, 0) is 4.79 Å². The zero-order valence-corrected chi connectivity index (χ0v) is 15.3. The van der Waals surface area contributed by atoms with E-state index in [1.54, 1.807) is 0 Å². The molecule has 0 heterocycles. The lowest BCUT2D eigenvalue weighted by Gasteiger charge is -2.58. The standard InChI is InChI=1S/C20H30O2S/c1-19-9-8-17-15(16(19)5-6-18(19)22)4-3-13-11-14(21)7-10-20(13,17)12-23-2/h11,15-18,22H,3-10,12H2,1-2H3/t15-,16-,17+,18?,19-,20+/m0/s1. The monoisotopic (exact) mass is 334 g/mol. The number of allylic oxidation sites excluding steroid dienone is 1. The highest BCUT2D eigenvalue weighted by Gasteiger charge is 2.59. The van der Waals surface area contributed by atoms with E-state index in [0.29, 0.717) is 11.7 Å². The van der Waals surface area contributed by atoms with Gasteiger partial charge in [-0.2, -0.15) is 11.8 Å². The minimum atomic E-state index is -0.0881. The van der Waals surface area contributed by atoms with Crippen LogP contribution in [0.3, 0.4) is 0 Å². The smallest absolute Gasteiger partial charge is 0.155 e. The third-order valence-corrected chi connectivity index (χ3v) is 8.84. The molecule has 0 aromatic rings. The molecule has 0 aromatic carbocycles. The minimum absolute atomic E-state index is 0.0881. The summed E-state index contributed by atoms with van der Waals surface area (Å²) in [5.41, 5.74) is 1.92. The van der Waals surface area contributed by atoms with Crippen molar-refractivity contribution in [1.29, 1.82) is 0 Å². The van der Waals surface area contributed by atoms with E-state index in [4.69, 9.17) is 0 Å².